The number of ether oxygens (including phenoxy) is 3. The average molecular weight is 279 g/mol. The van der Waals surface area contributed by atoms with Crippen molar-refractivity contribution in [3.05, 3.63) is 17.7 Å². The number of benzene rings is 1. The molecular formula is C16H25NO3. The Kier molecular flexibility index (Phi) is 5.53. The fourth-order valence-corrected chi connectivity index (χ4v) is 2.32. The van der Waals surface area contributed by atoms with Gasteiger partial charge in [0.15, 0.2) is 11.5 Å². The van der Waals surface area contributed by atoms with E-state index in [0.717, 1.165) is 42.3 Å². The predicted octanol–water partition coefficient (Wildman–Crippen LogP) is 3.26. The minimum atomic E-state index is 0.0952. The first-order chi connectivity index (χ1) is 9.70. The maximum absolute atomic E-state index is 5.92. The lowest BCUT2D eigenvalue weighted by Crippen LogP contribution is -2.18. The highest BCUT2D eigenvalue weighted by molar-refractivity contribution is 5.52. The Morgan fingerprint density at radius 2 is 1.95 bits per heavy atom. The van der Waals surface area contributed by atoms with Gasteiger partial charge in [-0.05, 0) is 31.4 Å². The highest BCUT2D eigenvalue weighted by Crippen LogP contribution is 2.38. The molecule has 4 nitrogen and oxygen atoms in total. The molecule has 0 aliphatic carbocycles. The van der Waals surface area contributed by atoms with Gasteiger partial charge < -0.3 is 19.9 Å². The summed E-state index contributed by atoms with van der Waals surface area (Å²) in [7, 11) is 0. The third-order valence-electron chi connectivity index (χ3n) is 3.35. The first-order valence-electron chi connectivity index (χ1n) is 7.51. The SMILES string of the molecule is CCCCCCOc1cc2c(cc1CC(C)N)OCO2. The van der Waals surface area contributed by atoms with Gasteiger partial charge in [0.05, 0.1) is 6.61 Å². The molecule has 0 fully saturated rings. The average Bonchev–Trinajstić information content (AvgIpc) is 2.85. The van der Waals surface area contributed by atoms with Crippen molar-refractivity contribution in [3.8, 4) is 17.2 Å². The Morgan fingerprint density at radius 1 is 1.20 bits per heavy atom. The van der Waals surface area contributed by atoms with Crippen molar-refractivity contribution in [3.63, 3.8) is 0 Å². The Hall–Kier alpha value is -1.42. The van der Waals surface area contributed by atoms with Crippen LogP contribution in [-0.2, 0) is 6.42 Å². The van der Waals surface area contributed by atoms with Crippen LogP contribution in [0.15, 0.2) is 12.1 Å². The molecule has 1 atom stereocenters. The summed E-state index contributed by atoms with van der Waals surface area (Å²) in [6, 6.07) is 4.02. The minimum absolute atomic E-state index is 0.0952. The largest absolute Gasteiger partial charge is 0.493 e. The van der Waals surface area contributed by atoms with Crippen LogP contribution in [-0.4, -0.2) is 19.4 Å². The van der Waals surface area contributed by atoms with Gasteiger partial charge in [-0.15, -0.1) is 0 Å². The summed E-state index contributed by atoms with van der Waals surface area (Å²) in [5.41, 5.74) is 7.00. The molecule has 0 radical (unpaired) electrons. The number of hydrogen-bond acceptors (Lipinski definition) is 4. The number of fused-ring (bicyclic) bond motifs is 1. The molecule has 0 bridgehead atoms. The van der Waals surface area contributed by atoms with E-state index in [1.807, 2.05) is 19.1 Å². The molecule has 1 unspecified atom stereocenters. The van der Waals surface area contributed by atoms with Gasteiger partial charge in [0, 0.05) is 12.1 Å². The van der Waals surface area contributed by atoms with Crippen LogP contribution < -0.4 is 19.9 Å². The lowest BCUT2D eigenvalue weighted by molar-refractivity contribution is 0.173. The molecular weight excluding hydrogens is 254 g/mol. The van der Waals surface area contributed by atoms with E-state index in [-0.39, 0.29) is 12.8 Å². The Morgan fingerprint density at radius 3 is 2.65 bits per heavy atom. The number of unbranched alkanes of at least 4 members (excludes halogenated alkanes) is 3. The van der Waals surface area contributed by atoms with E-state index in [1.165, 1.54) is 19.3 Å². The Bertz CT molecular complexity index is 432. The van der Waals surface area contributed by atoms with Crippen LogP contribution in [0, 0.1) is 0 Å². The normalized spacial score (nSPS) is 14.3. The van der Waals surface area contributed by atoms with Crippen molar-refractivity contribution in [1.82, 2.24) is 0 Å². The van der Waals surface area contributed by atoms with Crippen LogP contribution >= 0.6 is 0 Å². The molecule has 0 aromatic heterocycles. The van der Waals surface area contributed by atoms with E-state index in [9.17, 15) is 0 Å². The van der Waals surface area contributed by atoms with Crippen molar-refractivity contribution in [2.24, 2.45) is 5.73 Å². The first-order valence-corrected chi connectivity index (χ1v) is 7.51. The molecule has 0 spiro atoms. The summed E-state index contributed by atoms with van der Waals surface area (Å²) < 4.78 is 16.7. The molecule has 20 heavy (non-hydrogen) atoms. The zero-order valence-corrected chi connectivity index (χ0v) is 12.5. The maximum atomic E-state index is 5.92. The van der Waals surface area contributed by atoms with Crippen molar-refractivity contribution < 1.29 is 14.2 Å². The van der Waals surface area contributed by atoms with Crippen LogP contribution in [0.3, 0.4) is 0 Å². The van der Waals surface area contributed by atoms with Crippen molar-refractivity contribution in [1.29, 1.82) is 0 Å². The second-order valence-corrected chi connectivity index (χ2v) is 5.40. The Balaban J connectivity index is 2.01. The van der Waals surface area contributed by atoms with Gasteiger partial charge >= 0.3 is 0 Å². The van der Waals surface area contributed by atoms with E-state index in [0.29, 0.717) is 0 Å². The summed E-state index contributed by atoms with van der Waals surface area (Å²) in [6.45, 7) is 5.23. The van der Waals surface area contributed by atoms with E-state index in [4.69, 9.17) is 19.9 Å². The van der Waals surface area contributed by atoms with E-state index >= 15 is 0 Å². The van der Waals surface area contributed by atoms with Gasteiger partial charge in [-0.1, -0.05) is 26.2 Å². The van der Waals surface area contributed by atoms with Gasteiger partial charge in [0.25, 0.3) is 0 Å². The number of rotatable bonds is 8. The van der Waals surface area contributed by atoms with Crippen LogP contribution in [0.2, 0.25) is 0 Å². The van der Waals surface area contributed by atoms with E-state index in [2.05, 4.69) is 6.92 Å². The van der Waals surface area contributed by atoms with E-state index in [1.54, 1.807) is 0 Å². The zero-order valence-electron chi connectivity index (χ0n) is 12.5. The fraction of sp³-hybridized carbons (Fsp3) is 0.625. The maximum Gasteiger partial charge on any atom is 0.231 e. The highest BCUT2D eigenvalue weighted by atomic mass is 16.7. The second-order valence-electron chi connectivity index (χ2n) is 5.40. The summed E-state index contributed by atoms with van der Waals surface area (Å²) in [5.74, 6) is 2.43. The van der Waals surface area contributed by atoms with Crippen molar-refractivity contribution in [2.45, 2.75) is 52.0 Å². The van der Waals surface area contributed by atoms with Gasteiger partial charge in [-0.3, -0.25) is 0 Å². The van der Waals surface area contributed by atoms with Crippen LogP contribution in [0.1, 0.15) is 45.1 Å². The summed E-state index contributed by atoms with van der Waals surface area (Å²) in [6.07, 6.45) is 5.57. The monoisotopic (exact) mass is 279 g/mol. The third-order valence-corrected chi connectivity index (χ3v) is 3.35. The molecule has 1 heterocycles. The zero-order chi connectivity index (χ0) is 14.4. The summed E-state index contributed by atoms with van der Waals surface area (Å²) >= 11 is 0. The number of hydrogen-bond donors (Lipinski definition) is 1. The molecule has 0 amide bonds. The molecule has 4 heteroatoms. The lowest BCUT2D eigenvalue weighted by atomic mass is 10.1. The van der Waals surface area contributed by atoms with Crippen LogP contribution in [0.5, 0.6) is 17.2 Å². The van der Waals surface area contributed by atoms with Crippen molar-refractivity contribution >= 4 is 0 Å². The molecule has 1 aromatic rings. The molecule has 2 rings (SSSR count). The van der Waals surface area contributed by atoms with Crippen molar-refractivity contribution in [2.75, 3.05) is 13.4 Å². The molecule has 1 aromatic carbocycles. The van der Waals surface area contributed by atoms with Gasteiger partial charge in [-0.25, -0.2) is 0 Å². The first kappa shape index (κ1) is 15.0. The van der Waals surface area contributed by atoms with Crippen LogP contribution in [0.25, 0.3) is 0 Å². The minimum Gasteiger partial charge on any atom is -0.493 e. The Labute approximate surface area is 121 Å². The second kappa shape index (κ2) is 7.39. The molecule has 0 saturated carbocycles. The summed E-state index contributed by atoms with van der Waals surface area (Å²) in [5, 5.41) is 0. The summed E-state index contributed by atoms with van der Waals surface area (Å²) in [4.78, 5) is 0. The van der Waals surface area contributed by atoms with Gasteiger partial charge in [0.1, 0.15) is 5.75 Å². The lowest BCUT2D eigenvalue weighted by Gasteiger charge is -2.14. The topological polar surface area (TPSA) is 53.7 Å². The molecule has 1 aliphatic rings. The molecule has 112 valence electrons. The van der Waals surface area contributed by atoms with Gasteiger partial charge in [-0.2, -0.15) is 0 Å². The molecule has 0 saturated heterocycles. The molecule has 2 N–H and O–H groups in total. The number of nitrogens with two attached hydrogens (primary N) is 1. The fourth-order valence-electron chi connectivity index (χ4n) is 2.32. The van der Waals surface area contributed by atoms with Crippen LogP contribution in [0.4, 0.5) is 0 Å². The molecule has 1 aliphatic heterocycles. The highest BCUT2D eigenvalue weighted by Gasteiger charge is 2.18. The van der Waals surface area contributed by atoms with Gasteiger partial charge in [0.2, 0.25) is 6.79 Å². The van der Waals surface area contributed by atoms with E-state index < -0.39 is 0 Å². The predicted molar refractivity (Wildman–Crippen MR) is 79.6 cm³/mol. The third kappa shape index (κ3) is 4.04. The standard InChI is InChI=1S/C16H25NO3/c1-3-4-5-6-7-18-14-10-16-15(19-11-20-16)9-13(14)8-12(2)17/h9-10,12H,3-8,11,17H2,1-2H3. The quantitative estimate of drug-likeness (QED) is 0.742. The smallest absolute Gasteiger partial charge is 0.231 e.